The summed E-state index contributed by atoms with van der Waals surface area (Å²) in [5.41, 5.74) is 0.633. The molecule has 1 N–H and O–H groups in total. The van der Waals surface area contributed by atoms with Gasteiger partial charge in [0.05, 0.1) is 12.2 Å². The predicted molar refractivity (Wildman–Crippen MR) is 73.0 cm³/mol. The van der Waals surface area contributed by atoms with E-state index in [1.165, 1.54) is 0 Å². The van der Waals surface area contributed by atoms with E-state index in [4.69, 9.17) is 9.84 Å². The maximum Gasteiger partial charge on any atom is 0.358 e. The van der Waals surface area contributed by atoms with Gasteiger partial charge < -0.3 is 9.84 Å². The number of para-hydroxylation sites is 1. The van der Waals surface area contributed by atoms with Gasteiger partial charge in [-0.15, -0.1) is 5.10 Å². The predicted octanol–water partition coefficient (Wildman–Crippen LogP) is 2.18. The van der Waals surface area contributed by atoms with E-state index in [9.17, 15) is 4.79 Å². The maximum absolute atomic E-state index is 11.1. The van der Waals surface area contributed by atoms with Crippen molar-refractivity contribution in [1.82, 2.24) is 15.0 Å². The summed E-state index contributed by atoms with van der Waals surface area (Å²) < 4.78 is 7.17. The molecule has 0 fully saturated rings. The molecule has 2 rings (SSSR count). The van der Waals surface area contributed by atoms with E-state index in [0.717, 1.165) is 5.75 Å². The maximum atomic E-state index is 11.1. The average molecular weight is 275 g/mol. The van der Waals surface area contributed by atoms with Crippen LogP contribution in [-0.4, -0.2) is 32.7 Å². The number of ether oxygens (including phenoxy) is 1. The van der Waals surface area contributed by atoms with E-state index in [0.29, 0.717) is 18.8 Å². The van der Waals surface area contributed by atoms with Crippen LogP contribution in [0, 0.1) is 0 Å². The van der Waals surface area contributed by atoms with Gasteiger partial charge in [-0.05, 0) is 18.1 Å². The van der Waals surface area contributed by atoms with E-state index in [1.807, 2.05) is 44.2 Å². The third kappa shape index (κ3) is 3.14. The summed E-state index contributed by atoms with van der Waals surface area (Å²) in [6.45, 7) is 4.70. The van der Waals surface area contributed by atoms with Gasteiger partial charge in [0.25, 0.3) is 0 Å². The van der Waals surface area contributed by atoms with E-state index >= 15 is 0 Å². The number of aromatic carboxylic acids is 1. The third-order valence-corrected chi connectivity index (χ3v) is 2.84. The van der Waals surface area contributed by atoms with Crippen molar-refractivity contribution in [3.8, 4) is 5.75 Å². The third-order valence-electron chi connectivity index (χ3n) is 2.84. The van der Waals surface area contributed by atoms with E-state index < -0.39 is 5.97 Å². The molecular weight excluding hydrogens is 258 g/mol. The highest BCUT2D eigenvalue weighted by atomic mass is 16.5. The average Bonchev–Trinajstić information content (AvgIpc) is 2.84. The van der Waals surface area contributed by atoms with Crippen LogP contribution in [0.2, 0.25) is 0 Å². The van der Waals surface area contributed by atoms with Gasteiger partial charge in [-0.25, -0.2) is 9.48 Å². The molecule has 0 aliphatic heterocycles. The molecular formula is C14H17N3O3. The van der Waals surface area contributed by atoms with Crippen LogP contribution in [0.5, 0.6) is 5.75 Å². The number of carboxylic acids is 1. The molecule has 0 bridgehead atoms. The fraction of sp³-hybridized carbons (Fsp3) is 0.357. The van der Waals surface area contributed by atoms with Crippen LogP contribution in [0.1, 0.15) is 35.9 Å². The van der Waals surface area contributed by atoms with Crippen LogP contribution in [0.4, 0.5) is 0 Å². The molecule has 6 heteroatoms. The minimum absolute atomic E-state index is 0.0136. The van der Waals surface area contributed by atoms with Crippen LogP contribution in [-0.2, 0) is 6.54 Å². The first-order valence-electron chi connectivity index (χ1n) is 6.44. The first-order chi connectivity index (χ1) is 9.59. The Morgan fingerprint density at radius 2 is 2.05 bits per heavy atom. The lowest BCUT2D eigenvalue weighted by Gasteiger charge is -2.10. The number of hydrogen-bond acceptors (Lipinski definition) is 4. The molecule has 1 aromatic carbocycles. The van der Waals surface area contributed by atoms with Crippen molar-refractivity contribution < 1.29 is 14.6 Å². The molecule has 0 amide bonds. The molecule has 0 unspecified atom stereocenters. The van der Waals surface area contributed by atoms with Gasteiger partial charge in [0.2, 0.25) is 0 Å². The number of rotatable bonds is 6. The van der Waals surface area contributed by atoms with Crippen molar-refractivity contribution >= 4 is 5.97 Å². The fourth-order valence-electron chi connectivity index (χ4n) is 1.98. The number of carboxylic acid groups (broad SMARTS) is 1. The number of nitrogens with zero attached hydrogens (tertiary/aromatic N) is 3. The topological polar surface area (TPSA) is 77.2 Å². The minimum Gasteiger partial charge on any atom is -0.492 e. The van der Waals surface area contributed by atoms with Gasteiger partial charge in [0.1, 0.15) is 12.4 Å². The lowest BCUT2D eigenvalue weighted by atomic mass is 10.1. The monoisotopic (exact) mass is 275 g/mol. The Balaban J connectivity index is 2.04. The summed E-state index contributed by atoms with van der Waals surface area (Å²) >= 11 is 0. The number of hydrogen-bond donors (Lipinski definition) is 1. The highest BCUT2D eigenvalue weighted by molar-refractivity contribution is 5.86. The number of aromatic nitrogens is 3. The van der Waals surface area contributed by atoms with Gasteiger partial charge >= 0.3 is 5.97 Å². The Bertz CT molecular complexity index is 579. The molecule has 106 valence electrons. The van der Waals surface area contributed by atoms with Crippen molar-refractivity contribution in [2.45, 2.75) is 26.3 Å². The number of benzene rings is 1. The molecule has 1 aromatic heterocycles. The van der Waals surface area contributed by atoms with E-state index in [1.54, 1.807) is 4.68 Å². The van der Waals surface area contributed by atoms with Crippen LogP contribution in [0.15, 0.2) is 30.3 Å². The zero-order valence-electron chi connectivity index (χ0n) is 11.5. The second-order valence-corrected chi connectivity index (χ2v) is 4.67. The summed E-state index contributed by atoms with van der Waals surface area (Å²) in [6, 6.07) is 9.45. The summed E-state index contributed by atoms with van der Waals surface area (Å²) in [7, 11) is 0. The molecule has 0 saturated heterocycles. The molecule has 0 atom stereocenters. The Kier molecular flexibility index (Phi) is 4.34. The molecule has 0 aliphatic rings. The molecule has 20 heavy (non-hydrogen) atoms. The molecule has 6 nitrogen and oxygen atoms in total. The molecule has 0 radical (unpaired) electrons. The molecule has 0 aliphatic carbocycles. The molecule has 2 aromatic rings. The summed E-state index contributed by atoms with van der Waals surface area (Å²) in [6.07, 6.45) is 0. The first kappa shape index (κ1) is 14.0. The Morgan fingerprint density at radius 1 is 1.35 bits per heavy atom. The van der Waals surface area contributed by atoms with Crippen LogP contribution < -0.4 is 4.74 Å². The van der Waals surface area contributed by atoms with Crippen LogP contribution in [0.25, 0.3) is 0 Å². The van der Waals surface area contributed by atoms with Crippen molar-refractivity contribution in [2.24, 2.45) is 0 Å². The zero-order valence-corrected chi connectivity index (χ0v) is 11.5. The Labute approximate surface area is 117 Å². The van der Waals surface area contributed by atoms with E-state index in [2.05, 4.69) is 10.3 Å². The second kappa shape index (κ2) is 6.18. The van der Waals surface area contributed by atoms with Crippen molar-refractivity contribution in [3.63, 3.8) is 0 Å². The lowest BCUT2D eigenvalue weighted by Crippen LogP contribution is -2.14. The molecule has 1 heterocycles. The van der Waals surface area contributed by atoms with E-state index in [-0.39, 0.29) is 11.6 Å². The lowest BCUT2D eigenvalue weighted by molar-refractivity contribution is 0.0688. The van der Waals surface area contributed by atoms with Crippen molar-refractivity contribution in [2.75, 3.05) is 6.61 Å². The quantitative estimate of drug-likeness (QED) is 0.874. The van der Waals surface area contributed by atoms with Gasteiger partial charge in [-0.2, -0.15) is 0 Å². The van der Waals surface area contributed by atoms with Crippen LogP contribution >= 0.6 is 0 Å². The first-order valence-corrected chi connectivity index (χ1v) is 6.44. The smallest absolute Gasteiger partial charge is 0.358 e. The summed E-state index contributed by atoms with van der Waals surface area (Å²) in [4.78, 5) is 11.1. The second-order valence-electron chi connectivity index (χ2n) is 4.67. The van der Waals surface area contributed by atoms with Crippen molar-refractivity contribution in [3.05, 3.63) is 41.7 Å². The SMILES string of the molecule is CC(C)c1c(C(=O)O)nnn1CCOc1ccccc1. The highest BCUT2D eigenvalue weighted by Gasteiger charge is 2.21. The minimum atomic E-state index is -1.05. The van der Waals surface area contributed by atoms with Crippen LogP contribution in [0.3, 0.4) is 0 Å². The van der Waals surface area contributed by atoms with Gasteiger partial charge in [0.15, 0.2) is 5.69 Å². The Morgan fingerprint density at radius 3 is 2.65 bits per heavy atom. The van der Waals surface area contributed by atoms with Crippen molar-refractivity contribution in [1.29, 1.82) is 0 Å². The van der Waals surface area contributed by atoms with Gasteiger partial charge in [-0.1, -0.05) is 37.3 Å². The number of carbonyl (C=O) groups is 1. The highest BCUT2D eigenvalue weighted by Crippen LogP contribution is 2.17. The standard InChI is InChI=1S/C14H17N3O3/c1-10(2)13-12(14(18)19)15-16-17(13)8-9-20-11-6-4-3-5-7-11/h3-7,10H,8-9H2,1-2H3,(H,18,19). The molecule has 0 spiro atoms. The largest absolute Gasteiger partial charge is 0.492 e. The van der Waals surface area contributed by atoms with Gasteiger partial charge in [-0.3, -0.25) is 0 Å². The van der Waals surface area contributed by atoms with Gasteiger partial charge in [0, 0.05) is 0 Å². The Hall–Kier alpha value is -2.37. The zero-order chi connectivity index (χ0) is 14.5. The molecule has 0 saturated carbocycles. The fourth-order valence-corrected chi connectivity index (χ4v) is 1.98. The summed E-state index contributed by atoms with van der Waals surface area (Å²) in [5, 5.41) is 16.7. The normalized spacial score (nSPS) is 10.8. The summed E-state index contributed by atoms with van der Waals surface area (Å²) in [5.74, 6) is -0.242.